The van der Waals surface area contributed by atoms with Crippen LogP contribution in [0.5, 0.6) is 0 Å². The van der Waals surface area contributed by atoms with Crippen molar-refractivity contribution in [3.8, 4) is 0 Å². The first-order chi connectivity index (χ1) is 12.7. The van der Waals surface area contributed by atoms with Crippen LogP contribution in [0.15, 0.2) is 28.7 Å². The lowest BCUT2D eigenvalue weighted by Crippen LogP contribution is -2.42. The van der Waals surface area contributed by atoms with Gasteiger partial charge in [0.2, 0.25) is 11.8 Å². The van der Waals surface area contributed by atoms with Crippen molar-refractivity contribution in [3.63, 3.8) is 0 Å². The Morgan fingerprint density at radius 3 is 2.73 bits per heavy atom. The first-order valence-electron chi connectivity index (χ1n) is 9.12. The molecule has 2 fully saturated rings. The number of aryl methyl sites for hydroxylation is 1. The van der Waals surface area contributed by atoms with Crippen LogP contribution >= 0.6 is 0 Å². The molecular formula is C18H24N6O2. The number of nitrogens with one attached hydrogen (secondary N) is 2. The van der Waals surface area contributed by atoms with Gasteiger partial charge >= 0.3 is 6.03 Å². The van der Waals surface area contributed by atoms with E-state index < -0.39 is 0 Å². The van der Waals surface area contributed by atoms with Gasteiger partial charge in [0.25, 0.3) is 0 Å². The Kier molecular flexibility index (Phi) is 4.75. The first kappa shape index (κ1) is 16.8. The highest BCUT2D eigenvalue weighted by Gasteiger charge is 2.23. The maximum absolute atomic E-state index is 11.9. The Morgan fingerprint density at radius 2 is 2.04 bits per heavy atom. The van der Waals surface area contributed by atoms with Gasteiger partial charge in [-0.25, -0.2) is 4.79 Å². The molecule has 0 atom stereocenters. The first-order valence-corrected chi connectivity index (χ1v) is 9.12. The fraction of sp³-hybridized carbons (Fsp3) is 0.500. The summed E-state index contributed by atoms with van der Waals surface area (Å²) >= 11 is 0. The SMILES string of the molecule is Cc1nnc(CNC2CCN(c3cccc(N4CCNC4=O)c3)CC2)o1. The summed E-state index contributed by atoms with van der Waals surface area (Å²) in [5.74, 6) is 1.24. The lowest BCUT2D eigenvalue weighted by atomic mass is 10.0. The number of aromatic nitrogens is 2. The fourth-order valence-electron chi connectivity index (χ4n) is 3.56. The zero-order valence-electron chi connectivity index (χ0n) is 14.9. The molecule has 8 heteroatoms. The molecule has 2 N–H and O–H groups in total. The van der Waals surface area contributed by atoms with Gasteiger partial charge in [0.15, 0.2) is 0 Å². The summed E-state index contributed by atoms with van der Waals surface area (Å²) in [7, 11) is 0. The molecule has 2 aliphatic rings. The third-order valence-corrected chi connectivity index (χ3v) is 4.97. The molecular weight excluding hydrogens is 332 g/mol. The van der Waals surface area contributed by atoms with Gasteiger partial charge in [0, 0.05) is 50.5 Å². The van der Waals surface area contributed by atoms with E-state index in [9.17, 15) is 4.79 Å². The van der Waals surface area contributed by atoms with Crippen LogP contribution in [-0.4, -0.2) is 48.4 Å². The van der Waals surface area contributed by atoms with Crippen molar-refractivity contribution in [3.05, 3.63) is 36.0 Å². The molecule has 2 saturated heterocycles. The molecule has 0 radical (unpaired) electrons. The smallest absolute Gasteiger partial charge is 0.321 e. The lowest BCUT2D eigenvalue weighted by molar-refractivity contribution is 0.252. The number of piperidine rings is 1. The van der Waals surface area contributed by atoms with Crippen LogP contribution in [0.3, 0.4) is 0 Å². The van der Waals surface area contributed by atoms with E-state index in [1.54, 1.807) is 11.8 Å². The minimum atomic E-state index is -0.0127. The van der Waals surface area contributed by atoms with Crippen LogP contribution in [0.4, 0.5) is 16.2 Å². The van der Waals surface area contributed by atoms with E-state index in [2.05, 4.69) is 37.9 Å². The molecule has 138 valence electrons. The molecule has 8 nitrogen and oxygen atoms in total. The normalized spacial score (nSPS) is 18.4. The van der Waals surface area contributed by atoms with Gasteiger partial charge in [-0.3, -0.25) is 4.90 Å². The molecule has 1 aromatic carbocycles. The van der Waals surface area contributed by atoms with E-state index >= 15 is 0 Å². The number of hydrogen-bond acceptors (Lipinski definition) is 6. The number of hydrogen-bond donors (Lipinski definition) is 2. The van der Waals surface area contributed by atoms with Crippen LogP contribution in [0.2, 0.25) is 0 Å². The Hall–Kier alpha value is -2.61. The summed E-state index contributed by atoms with van der Waals surface area (Å²) in [6, 6.07) is 8.69. The maximum Gasteiger partial charge on any atom is 0.321 e. The second kappa shape index (κ2) is 7.33. The van der Waals surface area contributed by atoms with Crippen LogP contribution in [0.1, 0.15) is 24.6 Å². The molecule has 0 bridgehead atoms. The van der Waals surface area contributed by atoms with Gasteiger partial charge < -0.3 is 20.0 Å². The van der Waals surface area contributed by atoms with Crippen molar-refractivity contribution in [2.24, 2.45) is 0 Å². The zero-order chi connectivity index (χ0) is 17.9. The number of anilines is 2. The van der Waals surface area contributed by atoms with Crippen LogP contribution in [-0.2, 0) is 6.54 Å². The predicted molar refractivity (Wildman–Crippen MR) is 98.3 cm³/mol. The van der Waals surface area contributed by atoms with Gasteiger partial charge in [-0.05, 0) is 31.0 Å². The monoisotopic (exact) mass is 356 g/mol. The van der Waals surface area contributed by atoms with Gasteiger partial charge in [0.1, 0.15) is 0 Å². The largest absolute Gasteiger partial charge is 0.424 e. The van der Waals surface area contributed by atoms with E-state index in [-0.39, 0.29) is 6.03 Å². The van der Waals surface area contributed by atoms with Crippen LogP contribution in [0, 0.1) is 6.92 Å². The van der Waals surface area contributed by atoms with Crippen LogP contribution in [0.25, 0.3) is 0 Å². The number of benzene rings is 1. The van der Waals surface area contributed by atoms with Crippen molar-refractivity contribution in [1.29, 1.82) is 0 Å². The molecule has 2 aromatic rings. The van der Waals surface area contributed by atoms with Gasteiger partial charge in [0.05, 0.1) is 6.54 Å². The second-order valence-electron chi connectivity index (χ2n) is 6.76. The predicted octanol–water partition coefficient (Wildman–Crippen LogP) is 1.67. The van der Waals surface area contributed by atoms with Gasteiger partial charge in [-0.15, -0.1) is 10.2 Å². The third kappa shape index (κ3) is 3.65. The molecule has 0 aliphatic carbocycles. The zero-order valence-corrected chi connectivity index (χ0v) is 14.9. The minimum Gasteiger partial charge on any atom is -0.424 e. The minimum absolute atomic E-state index is 0.0127. The van der Waals surface area contributed by atoms with Crippen molar-refractivity contribution < 1.29 is 9.21 Å². The Bertz CT molecular complexity index is 769. The summed E-state index contributed by atoms with van der Waals surface area (Å²) in [5.41, 5.74) is 2.14. The van der Waals surface area contributed by atoms with Crippen molar-refractivity contribution in [2.45, 2.75) is 32.4 Å². The van der Waals surface area contributed by atoms with E-state index in [1.807, 2.05) is 12.1 Å². The van der Waals surface area contributed by atoms with Gasteiger partial charge in [-0.2, -0.15) is 0 Å². The highest BCUT2D eigenvalue weighted by atomic mass is 16.4. The maximum atomic E-state index is 11.9. The summed E-state index contributed by atoms with van der Waals surface area (Å²) in [5, 5.41) is 14.2. The van der Waals surface area contributed by atoms with Gasteiger partial charge in [-0.1, -0.05) is 6.07 Å². The quantitative estimate of drug-likeness (QED) is 0.847. The molecule has 0 spiro atoms. The molecule has 2 aliphatic heterocycles. The third-order valence-electron chi connectivity index (χ3n) is 4.97. The summed E-state index contributed by atoms with van der Waals surface area (Å²) in [6.45, 7) is 5.81. The molecule has 1 aromatic heterocycles. The molecule has 4 rings (SSSR count). The van der Waals surface area contributed by atoms with E-state index in [0.717, 1.165) is 38.2 Å². The van der Waals surface area contributed by atoms with Crippen LogP contribution < -0.4 is 20.4 Å². The number of nitrogens with zero attached hydrogens (tertiary/aromatic N) is 4. The number of rotatable bonds is 5. The standard InChI is InChI=1S/C18H24N6O2/c1-13-21-22-17(26-13)12-20-14-5-8-23(9-6-14)15-3-2-4-16(11-15)24-10-7-19-18(24)25/h2-4,11,14,20H,5-10,12H2,1H3,(H,19,25). The number of urea groups is 1. The van der Waals surface area contributed by atoms with E-state index in [4.69, 9.17) is 4.42 Å². The highest BCUT2D eigenvalue weighted by Crippen LogP contribution is 2.26. The van der Waals surface area contributed by atoms with Crippen molar-refractivity contribution in [1.82, 2.24) is 20.8 Å². The average molecular weight is 356 g/mol. The molecule has 3 heterocycles. The van der Waals surface area contributed by atoms with Crippen molar-refractivity contribution in [2.75, 3.05) is 36.0 Å². The molecule has 0 unspecified atom stereocenters. The molecule has 0 saturated carbocycles. The van der Waals surface area contributed by atoms with Crippen molar-refractivity contribution >= 4 is 17.4 Å². The topological polar surface area (TPSA) is 86.5 Å². The Labute approximate surface area is 152 Å². The van der Waals surface area contributed by atoms with E-state index in [0.29, 0.717) is 30.9 Å². The Balaban J connectivity index is 1.32. The highest BCUT2D eigenvalue weighted by molar-refractivity contribution is 5.94. The second-order valence-corrected chi connectivity index (χ2v) is 6.76. The number of carbonyl (C=O) groups is 1. The molecule has 2 amide bonds. The summed E-state index contributed by atoms with van der Waals surface area (Å²) in [4.78, 5) is 16.0. The lowest BCUT2D eigenvalue weighted by Gasteiger charge is -2.34. The summed E-state index contributed by atoms with van der Waals surface area (Å²) in [6.07, 6.45) is 2.11. The number of carbonyl (C=O) groups excluding carboxylic acids is 1. The fourth-order valence-corrected chi connectivity index (χ4v) is 3.56. The molecule has 26 heavy (non-hydrogen) atoms. The Morgan fingerprint density at radius 1 is 1.23 bits per heavy atom. The number of amides is 2. The summed E-state index contributed by atoms with van der Waals surface area (Å²) < 4.78 is 5.40. The average Bonchev–Trinajstić information content (AvgIpc) is 3.28. The van der Waals surface area contributed by atoms with E-state index in [1.165, 1.54) is 5.69 Å².